The van der Waals surface area contributed by atoms with Gasteiger partial charge < -0.3 is 15.1 Å². The van der Waals surface area contributed by atoms with Gasteiger partial charge >= 0.3 is 11.9 Å². The van der Waals surface area contributed by atoms with Crippen LogP contribution >= 0.6 is 0 Å². The van der Waals surface area contributed by atoms with Gasteiger partial charge in [0.2, 0.25) is 0 Å². The van der Waals surface area contributed by atoms with Gasteiger partial charge in [0.15, 0.2) is 0 Å². The Morgan fingerprint density at radius 2 is 0.740 bits per heavy atom. The SMILES string of the molecule is [C-]#[N+]C(=Cc1ccc(C=Cc2ccc(N(c3ccc(C)cc3)c3ccc(C=Cc4ccc(C=C([N+]#[C-])C(=O)O)cc4)cc3)cc2)cc1)C(=O)O. The number of carboxylic acid groups (broad SMARTS) is 2. The molecule has 0 unspecified atom stereocenters. The van der Waals surface area contributed by atoms with Gasteiger partial charge in [-0.2, -0.15) is 0 Å². The summed E-state index contributed by atoms with van der Waals surface area (Å²) in [5.41, 5.74) is 8.76. The van der Waals surface area contributed by atoms with Crippen LogP contribution in [0.15, 0.2) is 133 Å². The van der Waals surface area contributed by atoms with Gasteiger partial charge in [0.1, 0.15) is 0 Å². The molecular weight excluding hydrogens is 622 g/mol. The molecule has 5 rings (SSSR count). The first kappa shape index (κ1) is 34.1. The number of aryl methyl sites for hydroxylation is 1. The predicted octanol–water partition coefficient (Wildman–Crippen LogP) is 10.5. The largest absolute Gasteiger partial charge is 0.486 e. The fourth-order valence-electron chi connectivity index (χ4n) is 5.00. The van der Waals surface area contributed by atoms with Crippen LogP contribution in [-0.2, 0) is 9.59 Å². The quantitative estimate of drug-likeness (QED) is 0.0842. The molecule has 50 heavy (non-hydrogen) atoms. The number of carbonyl (C=O) groups is 2. The minimum absolute atomic E-state index is 0.326. The molecule has 0 fully saturated rings. The molecule has 7 nitrogen and oxygen atoms in total. The van der Waals surface area contributed by atoms with E-state index in [0.717, 1.165) is 39.3 Å². The number of nitrogens with zero attached hydrogens (tertiary/aromatic N) is 3. The van der Waals surface area contributed by atoms with Gasteiger partial charge in [-0.3, -0.25) is 9.59 Å². The van der Waals surface area contributed by atoms with E-state index in [9.17, 15) is 9.59 Å². The zero-order valence-electron chi connectivity index (χ0n) is 27.1. The number of rotatable bonds is 11. The lowest BCUT2D eigenvalue weighted by Crippen LogP contribution is -2.09. The highest BCUT2D eigenvalue weighted by Crippen LogP contribution is 2.35. The average molecular weight is 654 g/mol. The maximum absolute atomic E-state index is 11.1. The van der Waals surface area contributed by atoms with Crippen molar-refractivity contribution in [1.82, 2.24) is 0 Å². The summed E-state index contributed by atoms with van der Waals surface area (Å²) in [4.78, 5) is 30.5. The lowest BCUT2D eigenvalue weighted by Gasteiger charge is -2.26. The molecule has 0 aliphatic heterocycles. The van der Waals surface area contributed by atoms with Gasteiger partial charge in [0.05, 0.1) is 13.1 Å². The van der Waals surface area contributed by atoms with Crippen LogP contribution in [-0.4, -0.2) is 22.2 Å². The van der Waals surface area contributed by atoms with Crippen LogP contribution in [0.2, 0.25) is 0 Å². The molecule has 0 radical (unpaired) electrons. The van der Waals surface area contributed by atoms with Crippen LogP contribution in [0.1, 0.15) is 38.9 Å². The topological polar surface area (TPSA) is 86.6 Å². The highest BCUT2D eigenvalue weighted by molar-refractivity contribution is 5.94. The molecule has 0 atom stereocenters. The zero-order valence-corrected chi connectivity index (χ0v) is 27.1. The second-order valence-electron chi connectivity index (χ2n) is 11.2. The minimum atomic E-state index is -1.24. The van der Waals surface area contributed by atoms with Gasteiger partial charge in [-0.05, 0) is 88.9 Å². The molecule has 0 heterocycles. The molecule has 0 amide bonds. The Morgan fingerprint density at radius 1 is 0.480 bits per heavy atom. The molecule has 0 spiro atoms. The van der Waals surface area contributed by atoms with E-state index in [1.54, 1.807) is 24.3 Å². The van der Waals surface area contributed by atoms with Gasteiger partial charge in [0, 0.05) is 17.1 Å². The van der Waals surface area contributed by atoms with Crippen molar-refractivity contribution in [3.05, 3.63) is 194 Å². The molecule has 5 aromatic carbocycles. The predicted molar refractivity (Wildman–Crippen MR) is 201 cm³/mol. The monoisotopic (exact) mass is 653 g/mol. The standard InChI is InChI=1S/C43H31N3O4/c1-30-4-22-37(23-5-30)46(38-24-18-33(19-25-38)8-6-31-10-14-35(15-11-31)28-40(44-2)42(47)48)39-26-20-34(21-27-39)9-7-32-12-16-36(17-13-32)29-41(45-3)43(49)50/h4-29H,1H3,(H,47,48)(H,49,50). The number of anilines is 3. The maximum atomic E-state index is 11.1. The summed E-state index contributed by atoms with van der Waals surface area (Å²) in [6, 6.07) is 39.6. The van der Waals surface area contributed by atoms with E-state index in [0.29, 0.717) is 11.1 Å². The Labute approximate surface area is 291 Å². The van der Waals surface area contributed by atoms with Gasteiger partial charge in [-0.25, -0.2) is 9.69 Å². The van der Waals surface area contributed by atoms with Gasteiger partial charge in [-0.1, -0.05) is 115 Å². The lowest BCUT2D eigenvalue weighted by molar-refractivity contribution is -0.133. The first-order chi connectivity index (χ1) is 24.2. The van der Waals surface area contributed by atoms with Crippen molar-refractivity contribution in [1.29, 1.82) is 0 Å². The summed E-state index contributed by atoms with van der Waals surface area (Å²) in [6.45, 7) is 16.1. The molecule has 0 aliphatic carbocycles. The van der Waals surface area contributed by atoms with Crippen molar-refractivity contribution in [2.45, 2.75) is 6.92 Å². The number of benzene rings is 5. The molecule has 0 aromatic heterocycles. The molecule has 0 bridgehead atoms. The molecule has 5 aromatic rings. The van der Waals surface area contributed by atoms with Crippen LogP contribution in [0, 0.1) is 20.1 Å². The van der Waals surface area contributed by atoms with Crippen molar-refractivity contribution >= 4 is 65.5 Å². The molecule has 0 saturated heterocycles. The number of hydrogen-bond acceptors (Lipinski definition) is 3. The molecular formula is C43H31N3O4. The summed E-state index contributed by atoms with van der Waals surface area (Å²) in [6.07, 6.45) is 10.7. The van der Waals surface area contributed by atoms with Gasteiger partial charge in [0.25, 0.3) is 11.4 Å². The fraction of sp³-hybridized carbons (Fsp3) is 0.0233. The first-order valence-corrected chi connectivity index (χ1v) is 15.5. The molecule has 0 aliphatic rings. The lowest BCUT2D eigenvalue weighted by atomic mass is 10.1. The van der Waals surface area contributed by atoms with E-state index in [-0.39, 0.29) is 11.4 Å². The second kappa shape index (κ2) is 16.1. The van der Waals surface area contributed by atoms with Crippen LogP contribution in [0.4, 0.5) is 17.1 Å². The Balaban J connectivity index is 1.32. The van der Waals surface area contributed by atoms with Crippen LogP contribution in [0.25, 0.3) is 46.1 Å². The Morgan fingerprint density at radius 3 is 1.02 bits per heavy atom. The Hall–Kier alpha value is -7.22. The molecule has 0 saturated carbocycles. The minimum Gasteiger partial charge on any atom is -0.486 e. The van der Waals surface area contributed by atoms with Crippen molar-refractivity contribution in [2.24, 2.45) is 0 Å². The third-order valence-electron chi connectivity index (χ3n) is 7.69. The van der Waals surface area contributed by atoms with Crippen molar-refractivity contribution < 1.29 is 19.8 Å². The van der Waals surface area contributed by atoms with Crippen molar-refractivity contribution in [3.63, 3.8) is 0 Å². The number of aliphatic carboxylic acids is 2. The van der Waals surface area contributed by atoms with Crippen molar-refractivity contribution in [3.8, 4) is 0 Å². The van der Waals surface area contributed by atoms with Crippen molar-refractivity contribution in [2.75, 3.05) is 4.90 Å². The smallest absolute Gasteiger partial charge is 0.333 e. The van der Waals surface area contributed by atoms with Crippen LogP contribution in [0.5, 0.6) is 0 Å². The second-order valence-corrected chi connectivity index (χ2v) is 11.2. The summed E-state index contributed by atoms with van der Waals surface area (Å²) in [7, 11) is 0. The van der Waals surface area contributed by atoms with Crippen LogP contribution in [0.3, 0.4) is 0 Å². The summed E-state index contributed by atoms with van der Waals surface area (Å²) < 4.78 is 0. The summed E-state index contributed by atoms with van der Waals surface area (Å²) in [5, 5.41) is 18.2. The summed E-state index contributed by atoms with van der Waals surface area (Å²) in [5.74, 6) is -2.49. The highest BCUT2D eigenvalue weighted by atomic mass is 16.4. The first-order valence-electron chi connectivity index (χ1n) is 15.5. The average Bonchev–Trinajstić information content (AvgIpc) is 3.13. The number of hydrogen-bond donors (Lipinski definition) is 2. The third-order valence-corrected chi connectivity index (χ3v) is 7.69. The molecule has 2 N–H and O–H groups in total. The van der Waals surface area contributed by atoms with Crippen LogP contribution < -0.4 is 4.90 Å². The van der Waals surface area contributed by atoms with E-state index in [2.05, 4.69) is 94.3 Å². The third kappa shape index (κ3) is 8.98. The Kier molecular flexibility index (Phi) is 11.0. The van der Waals surface area contributed by atoms with E-state index in [1.807, 2.05) is 48.6 Å². The number of carboxylic acids is 2. The normalized spacial score (nSPS) is 11.7. The maximum Gasteiger partial charge on any atom is 0.333 e. The van der Waals surface area contributed by atoms with E-state index >= 15 is 0 Å². The van der Waals surface area contributed by atoms with Gasteiger partial charge in [-0.15, -0.1) is 0 Å². The molecule has 242 valence electrons. The van der Waals surface area contributed by atoms with E-state index in [1.165, 1.54) is 17.7 Å². The Bertz CT molecular complexity index is 2060. The summed E-state index contributed by atoms with van der Waals surface area (Å²) >= 11 is 0. The highest BCUT2D eigenvalue weighted by Gasteiger charge is 2.12. The van der Waals surface area contributed by atoms with E-state index in [4.69, 9.17) is 23.4 Å². The van der Waals surface area contributed by atoms with E-state index < -0.39 is 11.9 Å². The zero-order chi connectivity index (χ0) is 35.5. The fourth-order valence-corrected chi connectivity index (χ4v) is 5.00. The molecule has 7 heteroatoms.